The topological polar surface area (TPSA) is 47.0 Å². The van der Waals surface area contributed by atoms with E-state index in [-0.39, 0.29) is 10.5 Å². The second-order valence-corrected chi connectivity index (χ2v) is 8.95. The van der Waals surface area contributed by atoms with Crippen LogP contribution in [-0.2, 0) is 9.84 Å². The molecule has 0 aliphatic rings. The molecular weight excluding hydrogens is 418 g/mol. The zero-order valence-corrected chi connectivity index (χ0v) is 16.7. The molecular formula is C21H13F3NO2PS. The van der Waals surface area contributed by atoms with Crippen LogP contribution in [0.25, 0.3) is 22.0 Å². The van der Waals surface area contributed by atoms with Crippen molar-refractivity contribution in [1.29, 1.82) is 0 Å². The molecule has 29 heavy (non-hydrogen) atoms. The van der Waals surface area contributed by atoms with Crippen LogP contribution >= 0.6 is 9.24 Å². The minimum atomic E-state index is -4.27. The summed E-state index contributed by atoms with van der Waals surface area (Å²) in [7, 11) is -1.76. The monoisotopic (exact) mass is 431 g/mol. The Labute approximate surface area is 167 Å². The number of benzene rings is 3. The normalized spacial score (nSPS) is 11.7. The number of aromatic nitrogens is 1. The minimum absolute atomic E-state index is 0.225. The first-order valence-electron chi connectivity index (χ1n) is 8.42. The van der Waals surface area contributed by atoms with Gasteiger partial charge in [0, 0.05) is 17.1 Å². The van der Waals surface area contributed by atoms with Gasteiger partial charge >= 0.3 is 0 Å². The van der Waals surface area contributed by atoms with Crippen LogP contribution in [0.1, 0.15) is 0 Å². The van der Waals surface area contributed by atoms with Crippen molar-refractivity contribution in [2.45, 2.75) is 9.79 Å². The van der Waals surface area contributed by atoms with E-state index in [1.807, 2.05) is 6.07 Å². The van der Waals surface area contributed by atoms with Crippen molar-refractivity contribution < 1.29 is 21.6 Å². The third-order valence-electron chi connectivity index (χ3n) is 4.46. The van der Waals surface area contributed by atoms with Crippen molar-refractivity contribution in [3.05, 3.63) is 84.3 Å². The van der Waals surface area contributed by atoms with Crippen LogP contribution in [-0.4, -0.2) is 13.4 Å². The average Bonchev–Trinajstić information content (AvgIpc) is 2.69. The Kier molecular flexibility index (Phi) is 4.89. The van der Waals surface area contributed by atoms with Crippen molar-refractivity contribution >= 4 is 35.3 Å². The van der Waals surface area contributed by atoms with Crippen LogP contribution in [0.3, 0.4) is 0 Å². The molecule has 0 aliphatic heterocycles. The van der Waals surface area contributed by atoms with Gasteiger partial charge in [-0.3, -0.25) is 4.98 Å². The maximum Gasteiger partial charge on any atom is 0.208 e. The van der Waals surface area contributed by atoms with Crippen LogP contribution in [0, 0.1) is 17.5 Å². The van der Waals surface area contributed by atoms with Crippen molar-refractivity contribution in [3.8, 4) is 11.1 Å². The molecule has 1 atom stereocenters. The predicted molar refractivity (Wildman–Crippen MR) is 108 cm³/mol. The van der Waals surface area contributed by atoms with Crippen LogP contribution in [0.4, 0.5) is 13.2 Å². The molecule has 146 valence electrons. The second-order valence-electron chi connectivity index (χ2n) is 6.36. The first kappa shape index (κ1) is 19.6. The van der Waals surface area contributed by atoms with Crippen molar-refractivity contribution in [2.24, 2.45) is 0 Å². The zero-order chi connectivity index (χ0) is 20.8. The Morgan fingerprint density at radius 3 is 2.38 bits per heavy atom. The summed E-state index contributed by atoms with van der Waals surface area (Å²) in [6.45, 7) is 0. The molecule has 4 rings (SSSR count). The summed E-state index contributed by atoms with van der Waals surface area (Å²) in [5.74, 6) is -2.98. The van der Waals surface area contributed by atoms with E-state index in [9.17, 15) is 21.6 Å². The molecule has 1 aromatic heterocycles. The molecule has 0 radical (unpaired) electrons. The van der Waals surface area contributed by atoms with E-state index >= 15 is 0 Å². The third kappa shape index (κ3) is 3.52. The Bertz CT molecular complexity index is 1370. The van der Waals surface area contributed by atoms with E-state index in [2.05, 4.69) is 14.2 Å². The van der Waals surface area contributed by atoms with Gasteiger partial charge in [-0.2, -0.15) is 0 Å². The molecule has 0 bridgehead atoms. The fraction of sp³-hybridized carbons (Fsp3) is 0. The maximum atomic E-state index is 14.0. The molecule has 3 nitrogen and oxygen atoms in total. The van der Waals surface area contributed by atoms with Gasteiger partial charge in [-0.15, -0.1) is 9.24 Å². The van der Waals surface area contributed by atoms with Gasteiger partial charge in [0.05, 0.1) is 15.3 Å². The average molecular weight is 431 g/mol. The van der Waals surface area contributed by atoms with Crippen molar-refractivity contribution in [2.75, 3.05) is 0 Å². The Morgan fingerprint density at radius 1 is 0.862 bits per heavy atom. The lowest BCUT2D eigenvalue weighted by atomic mass is 10.0. The molecule has 1 unspecified atom stereocenters. The van der Waals surface area contributed by atoms with E-state index in [1.165, 1.54) is 18.2 Å². The fourth-order valence-corrected chi connectivity index (χ4v) is 4.85. The highest BCUT2D eigenvalue weighted by atomic mass is 32.2. The lowest BCUT2D eigenvalue weighted by Gasteiger charge is -2.14. The number of hydrogen-bond donors (Lipinski definition) is 0. The summed E-state index contributed by atoms with van der Waals surface area (Å²) >= 11 is 0. The van der Waals surface area contributed by atoms with Crippen LogP contribution in [0.2, 0.25) is 0 Å². The van der Waals surface area contributed by atoms with Gasteiger partial charge in [0.15, 0.2) is 11.6 Å². The molecule has 1 heterocycles. The molecule has 0 N–H and O–H groups in total. The molecule has 0 saturated heterocycles. The third-order valence-corrected chi connectivity index (χ3v) is 6.58. The summed E-state index contributed by atoms with van der Waals surface area (Å²) in [6.07, 6.45) is 1.15. The predicted octanol–water partition coefficient (Wildman–Crippen LogP) is 4.65. The Morgan fingerprint density at radius 2 is 1.66 bits per heavy atom. The van der Waals surface area contributed by atoms with E-state index in [0.717, 1.165) is 23.6 Å². The Balaban J connectivity index is 2.09. The van der Waals surface area contributed by atoms with Gasteiger partial charge in [0.2, 0.25) is 9.84 Å². The van der Waals surface area contributed by atoms with Crippen molar-refractivity contribution in [1.82, 2.24) is 4.98 Å². The van der Waals surface area contributed by atoms with Crippen LogP contribution in [0.5, 0.6) is 0 Å². The van der Waals surface area contributed by atoms with E-state index in [4.69, 9.17) is 0 Å². The molecule has 0 saturated carbocycles. The largest absolute Gasteiger partial charge is 0.255 e. The van der Waals surface area contributed by atoms with Crippen molar-refractivity contribution in [3.63, 3.8) is 0 Å². The quantitative estimate of drug-likeness (QED) is 0.350. The standard InChI is InChI=1S/C21H13F3NO2PS/c22-13-4-7-19-16(9-13)21(12-2-1-3-14(28)8-12)20(11-25-19)29(26,27)15-5-6-17(23)18(24)10-15/h1-11H,28H2. The van der Waals surface area contributed by atoms with Gasteiger partial charge in [-0.1, -0.05) is 18.2 Å². The number of hydrogen-bond acceptors (Lipinski definition) is 3. The summed E-state index contributed by atoms with van der Waals surface area (Å²) in [4.78, 5) is 3.50. The first-order chi connectivity index (χ1) is 13.8. The number of halogens is 3. The number of nitrogens with zero attached hydrogens (tertiary/aromatic N) is 1. The second kappa shape index (κ2) is 7.25. The fourth-order valence-electron chi connectivity index (χ4n) is 3.11. The zero-order valence-electron chi connectivity index (χ0n) is 14.7. The number of rotatable bonds is 3. The van der Waals surface area contributed by atoms with Crippen LogP contribution < -0.4 is 5.30 Å². The van der Waals surface area contributed by atoms with E-state index in [0.29, 0.717) is 22.5 Å². The van der Waals surface area contributed by atoms with Gasteiger partial charge in [0.25, 0.3) is 0 Å². The lowest BCUT2D eigenvalue weighted by molar-refractivity contribution is 0.504. The SMILES string of the molecule is O=S(=O)(c1ccc(F)c(F)c1)c1cnc2ccc(F)cc2c1-c1cccc(P)c1. The molecule has 0 amide bonds. The first-order valence-corrected chi connectivity index (χ1v) is 10.5. The molecule has 3 aromatic carbocycles. The summed E-state index contributed by atoms with van der Waals surface area (Å²) in [5.41, 5.74) is 1.17. The van der Waals surface area contributed by atoms with Gasteiger partial charge in [-0.25, -0.2) is 21.6 Å². The summed E-state index contributed by atoms with van der Waals surface area (Å²) in [6, 6.07) is 13.2. The highest BCUT2D eigenvalue weighted by Gasteiger charge is 2.26. The van der Waals surface area contributed by atoms with Gasteiger partial charge in [0.1, 0.15) is 5.82 Å². The number of pyridine rings is 1. The molecule has 0 fully saturated rings. The highest BCUT2D eigenvalue weighted by molar-refractivity contribution is 7.91. The van der Waals surface area contributed by atoms with Gasteiger partial charge < -0.3 is 0 Å². The highest BCUT2D eigenvalue weighted by Crippen LogP contribution is 2.36. The van der Waals surface area contributed by atoms with E-state index < -0.39 is 32.2 Å². The molecule has 0 spiro atoms. The van der Waals surface area contributed by atoms with Gasteiger partial charge in [-0.05, 0) is 53.3 Å². The maximum absolute atomic E-state index is 14.0. The smallest absolute Gasteiger partial charge is 0.208 e. The molecule has 4 aromatic rings. The molecule has 0 aliphatic carbocycles. The number of sulfone groups is 1. The summed E-state index contributed by atoms with van der Waals surface area (Å²) < 4.78 is 67.5. The Hall–Kier alpha value is -2.76. The van der Waals surface area contributed by atoms with Crippen LogP contribution in [0.15, 0.2) is 76.7 Å². The summed E-state index contributed by atoms with van der Waals surface area (Å²) in [5, 5.41) is 1.09. The lowest BCUT2D eigenvalue weighted by Crippen LogP contribution is -2.07. The number of fused-ring (bicyclic) bond motifs is 1. The minimum Gasteiger partial charge on any atom is -0.255 e. The molecule has 8 heteroatoms. The van der Waals surface area contributed by atoms with E-state index in [1.54, 1.807) is 18.2 Å².